The van der Waals surface area contributed by atoms with Crippen LogP contribution in [-0.2, 0) is 4.79 Å². The summed E-state index contributed by atoms with van der Waals surface area (Å²) in [6.45, 7) is 8.19. The van der Waals surface area contributed by atoms with Gasteiger partial charge < -0.3 is 5.32 Å². The normalized spacial score (nSPS) is 11.2. The van der Waals surface area contributed by atoms with E-state index >= 15 is 0 Å². The predicted octanol–water partition coefficient (Wildman–Crippen LogP) is 6.81. The molecule has 0 radical (unpaired) electrons. The zero-order chi connectivity index (χ0) is 25.2. The fraction of sp³-hybridized carbons (Fsp3) is 0.194. The molecule has 2 aromatic heterocycles. The summed E-state index contributed by atoms with van der Waals surface area (Å²) < 4.78 is 1.74. The Bertz CT molecular complexity index is 1500. The van der Waals surface area contributed by atoms with Gasteiger partial charge in [-0.15, -0.1) is 0 Å². The standard InChI is InChI=1S/C31H30N4O/c1-20-15-22(3)31-26(16-20)21(2)17-28(33-31)35-29(18-23(4)34-35)32-30(36)19-27(24-11-7-5-8-12-24)25-13-9-6-10-14-25/h5-18,27H,19H2,1-4H3,(H,32,36). The number of nitrogens with one attached hydrogen (secondary N) is 1. The predicted molar refractivity (Wildman–Crippen MR) is 146 cm³/mol. The summed E-state index contributed by atoms with van der Waals surface area (Å²) >= 11 is 0. The SMILES string of the molecule is Cc1cc(C)c2nc(-n3nc(C)cc3NC(=O)CC(c3ccccc3)c3ccccc3)cc(C)c2c1. The monoisotopic (exact) mass is 474 g/mol. The minimum atomic E-state index is -0.0711. The molecule has 0 unspecified atom stereocenters. The van der Waals surface area contributed by atoms with Crippen molar-refractivity contribution in [3.8, 4) is 5.82 Å². The molecule has 0 aliphatic rings. The van der Waals surface area contributed by atoms with Crippen molar-refractivity contribution in [1.29, 1.82) is 0 Å². The third kappa shape index (κ3) is 4.78. The van der Waals surface area contributed by atoms with Crippen molar-refractivity contribution in [2.75, 3.05) is 5.32 Å². The number of amides is 1. The van der Waals surface area contributed by atoms with Gasteiger partial charge in [0.2, 0.25) is 5.91 Å². The van der Waals surface area contributed by atoms with E-state index in [1.54, 1.807) is 4.68 Å². The van der Waals surface area contributed by atoms with Crippen LogP contribution in [0, 0.1) is 27.7 Å². The Labute approximate surface area is 211 Å². The third-order valence-electron chi connectivity index (χ3n) is 6.55. The molecule has 0 saturated heterocycles. The molecular weight excluding hydrogens is 444 g/mol. The highest BCUT2D eigenvalue weighted by atomic mass is 16.1. The van der Waals surface area contributed by atoms with Gasteiger partial charge in [-0.3, -0.25) is 4.79 Å². The Morgan fingerprint density at radius 2 is 1.47 bits per heavy atom. The number of benzene rings is 3. The molecule has 180 valence electrons. The summed E-state index contributed by atoms with van der Waals surface area (Å²) in [6.07, 6.45) is 0.320. The van der Waals surface area contributed by atoms with E-state index in [9.17, 15) is 4.79 Å². The van der Waals surface area contributed by atoms with Crippen molar-refractivity contribution >= 4 is 22.6 Å². The van der Waals surface area contributed by atoms with Crippen molar-refractivity contribution in [3.05, 3.63) is 118 Å². The number of hydrogen-bond donors (Lipinski definition) is 1. The second-order valence-electron chi connectivity index (χ2n) is 9.48. The van der Waals surface area contributed by atoms with Crippen molar-refractivity contribution in [2.45, 2.75) is 40.0 Å². The van der Waals surface area contributed by atoms with Crippen LogP contribution in [0.2, 0.25) is 0 Å². The minimum Gasteiger partial charge on any atom is -0.310 e. The lowest BCUT2D eigenvalue weighted by molar-refractivity contribution is -0.116. The van der Waals surface area contributed by atoms with Crippen LogP contribution in [0.4, 0.5) is 5.82 Å². The Morgan fingerprint density at radius 3 is 2.11 bits per heavy atom. The van der Waals surface area contributed by atoms with Gasteiger partial charge in [0.25, 0.3) is 0 Å². The molecular formula is C31H30N4O. The summed E-state index contributed by atoms with van der Waals surface area (Å²) in [7, 11) is 0. The smallest absolute Gasteiger partial charge is 0.226 e. The van der Waals surface area contributed by atoms with Gasteiger partial charge in [-0.1, -0.05) is 72.3 Å². The molecule has 5 rings (SSSR count). The summed E-state index contributed by atoms with van der Waals surface area (Å²) in [6, 6.07) is 28.6. The second-order valence-corrected chi connectivity index (χ2v) is 9.48. The lowest BCUT2D eigenvalue weighted by Crippen LogP contribution is -2.19. The molecule has 1 N–H and O–H groups in total. The number of carbonyl (C=O) groups excluding carboxylic acids is 1. The molecule has 36 heavy (non-hydrogen) atoms. The first-order valence-corrected chi connectivity index (χ1v) is 12.2. The first-order valence-electron chi connectivity index (χ1n) is 12.2. The molecule has 3 aromatic carbocycles. The summed E-state index contributed by atoms with van der Waals surface area (Å²) in [5.74, 6) is 1.20. The van der Waals surface area contributed by atoms with E-state index in [0.717, 1.165) is 38.9 Å². The van der Waals surface area contributed by atoms with Crippen LogP contribution in [0.5, 0.6) is 0 Å². The molecule has 0 atom stereocenters. The van der Waals surface area contributed by atoms with Gasteiger partial charge in [0.15, 0.2) is 5.82 Å². The van der Waals surface area contributed by atoms with Crippen molar-refractivity contribution in [2.24, 2.45) is 0 Å². The Balaban J connectivity index is 1.47. The molecule has 0 fully saturated rings. The van der Waals surface area contributed by atoms with Gasteiger partial charge in [-0.2, -0.15) is 9.78 Å². The second kappa shape index (κ2) is 9.78. The zero-order valence-corrected chi connectivity index (χ0v) is 21.1. The zero-order valence-electron chi connectivity index (χ0n) is 21.1. The average molecular weight is 475 g/mol. The van der Waals surface area contributed by atoms with Crippen molar-refractivity contribution in [3.63, 3.8) is 0 Å². The number of aryl methyl sites for hydroxylation is 4. The number of hydrogen-bond acceptors (Lipinski definition) is 3. The Kier molecular flexibility index (Phi) is 6.38. The van der Waals surface area contributed by atoms with E-state index in [4.69, 9.17) is 4.98 Å². The van der Waals surface area contributed by atoms with Gasteiger partial charge in [0.05, 0.1) is 11.2 Å². The fourth-order valence-electron chi connectivity index (χ4n) is 4.88. The Morgan fingerprint density at radius 1 is 0.833 bits per heavy atom. The topological polar surface area (TPSA) is 59.8 Å². The van der Waals surface area contributed by atoms with Crippen LogP contribution >= 0.6 is 0 Å². The van der Waals surface area contributed by atoms with Gasteiger partial charge in [-0.05, 0) is 62.1 Å². The number of rotatable bonds is 6. The van der Waals surface area contributed by atoms with Crippen LogP contribution < -0.4 is 5.32 Å². The molecule has 5 nitrogen and oxygen atoms in total. The van der Waals surface area contributed by atoms with Gasteiger partial charge in [0, 0.05) is 23.8 Å². The molecule has 0 saturated carbocycles. The molecule has 5 heteroatoms. The number of carbonyl (C=O) groups is 1. The summed E-state index contributed by atoms with van der Waals surface area (Å²) in [4.78, 5) is 18.3. The maximum absolute atomic E-state index is 13.4. The lowest BCUT2D eigenvalue weighted by atomic mass is 9.88. The van der Waals surface area contributed by atoms with E-state index in [2.05, 4.69) is 67.6 Å². The van der Waals surface area contributed by atoms with Crippen molar-refractivity contribution < 1.29 is 4.79 Å². The summed E-state index contributed by atoms with van der Waals surface area (Å²) in [5, 5.41) is 8.91. The highest BCUT2D eigenvalue weighted by Crippen LogP contribution is 2.29. The third-order valence-corrected chi connectivity index (χ3v) is 6.55. The highest BCUT2D eigenvalue weighted by molar-refractivity contribution is 5.91. The van der Waals surface area contributed by atoms with E-state index in [1.807, 2.05) is 55.5 Å². The number of anilines is 1. The molecule has 5 aromatic rings. The van der Waals surface area contributed by atoms with Crippen LogP contribution in [-0.4, -0.2) is 20.7 Å². The van der Waals surface area contributed by atoms with Gasteiger partial charge in [-0.25, -0.2) is 4.98 Å². The molecule has 2 heterocycles. The molecule has 1 amide bonds. The largest absolute Gasteiger partial charge is 0.310 e. The van der Waals surface area contributed by atoms with E-state index < -0.39 is 0 Å². The molecule has 0 aliphatic carbocycles. The number of nitrogens with zero attached hydrogens (tertiary/aromatic N) is 3. The van der Waals surface area contributed by atoms with Crippen LogP contribution in [0.3, 0.4) is 0 Å². The van der Waals surface area contributed by atoms with Gasteiger partial charge in [0.1, 0.15) is 5.82 Å². The first kappa shape index (κ1) is 23.5. The highest BCUT2D eigenvalue weighted by Gasteiger charge is 2.20. The lowest BCUT2D eigenvalue weighted by Gasteiger charge is -2.18. The van der Waals surface area contributed by atoms with E-state index in [-0.39, 0.29) is 11.8 Å². The maximum Gasteiger partial charge on any atom is 0.226 e. The quantitative estimate of drug-likeness (QED) is 0.294. The van der Waals surface area contributed by atoms with Crippen molar-refractivity contribution in [1.82, 2.24) is 14.8 Å². The first-order chi connectivity index (χ1) is 17.4. The fourth-order valence-corrected chi connectivity index (χ4v) is 4.88. The number of aromatic nitrogens is 3. The van der Waals surface area contributed by atoms with Crippen LogP contribution in [0.1, 0.15) is 45.8 Å². The average Bonchev–Trinajstić information content (AvgIpc) is 3.23. The van der Waals surface area contributed by atoms with Crippen LogP contribution in [0.25, 0.3) is 16.7 Å². The molecule has 0 bridgehead atoms. The Hall–Kier alpha value is -4.25. The maximum atomic E-state index is 13.4. The minimum absolute atomic E-state index is 0.0446. The van der Waals surface area contributed by atoms with Crippen LogP contribution in [0.15, 0.2) is 84.9 Å². The van der Waals surface area contributed by atoms with Gasteiger partial charge >= 0.3 is 0 Å². The summed E-state index contributed by atoms with van der Waals surface area (Å²) in [5.41, 5.74) is 7.45. The molecule has 0 aliphatic heterocycles. The van der Waals surface area contributed by atoms with E-state index in [1.165, 1.54) is 5.56 Å². The molecule has 0 spiro atoms. The number of pyridine rings is 1. The van der Waals surface area contributed by atoms with E-state index in [0.29, 0.717) is 18.1 Å². The number of fused-ring (bicyclic) bond motifs is 1.